The normalized spacial score (nSPS) is 14.2. The summed E-state index contributed by atoms with van der Waals surface area (Å²) in [5.41, 5.74) is -2.14. The monoisotopic (exact) mass is 687 g/mol. The number of carbonyl (C=O) groups is 3. The fraction of sp³-hybridized carbons (Fsp3) is 0.605. The van der Waals surface area contributed by atoms with Crippen LogP contribution in [0.5, 0.6) is 5.75 Å². The van der Waals surface area contributed by atoms with Crippen LogP contribution in [0.1, 0.15) is 108 Å². The molecule has 0 spiro atoms. The number of nitrogens with one attached hydrogen (secondary N) is 1. The summed E-state index contributed by atoms with van der Waals surface area (Å²) in [4.78, 5) is 39.4. The molecule has 48 heavy (non-hydrogen) atoms. The van der Waals surface area contributed by atoms with Crippen molar-refractivity contribution >= 4 is 33.3 Å². The van der Waals surface area contributed by atoms with Gasteiger partial charge in [-0.2, -0.15) is 8.42 Å². The lowest BCUT2D eigenvalue weighted by Gasteiger charge is -2.42. The zero-order chi connectivity index (χ0) is 36.6. The van der Waals surface area contributed by atoms with Gasteiger partial charge in [-0.25, -0.2) is 0 Å². The number of unbranched alkanes of at least 4 members (excludes halogenated alkanes) is 1. The summed E-state index contributed by atoms with van der Waals surface area (Å²) < 4.78 is 42.5. The average Bonchev–Trinajstić information content (AvgIpc) is 2.96. The number of Topliss-reactive ketones (excluding diaryl/α,β-unsaturated/α-hetero) is 2. The maximum absolute atomic E-state index is 13.4. The van der Waals surface area contributed by atoms with Gasteiger partial charge in [0.05, 0.1) is 16.6 Å². The van der Waals surface area contributed by atoms with Gasteiger partial charge in [0.1, 0.15) is 22.5 Å². The second kappa shape index (κ2) is 16.5. The van der Waals surface area contributed by atoms with Gasteiger partial charge in [-0.3, -0.25) is 14.4 Å². The first kappa shape index (κ1) is 41.1. The predicted octanol–water partition coefficient (Wildman–Crippen LogP) is 8.17. The zero-order valence-electron chi connectivity index (χ0n) is 30.8. The van der Waals surface area contributed by atoms with Crippen molar-refractivity contribution in [2.24, 2.45) is 16.7 Å². The van der Waals surface area contributed by atoms with Crippen molar-refractivity contribution in [1.82, 2.24) is 0 Å². The van der Waals surface area contributed by atoms with E-state index in [0.717, 1.165) is 0 Å². The van der Waals surface area contributed by atoms with Crippen molar-refractivity contribution in [3.05, 3.63) is 54.6 Å². The van der Waals surface area contributed by atoms with Crippen LogP contribution in [0.25, 0.3) is 0 Å². The minimum atomic E-state index is -4.01. The molecule has 0 aliphatic heterocycles. The third kappa shape index (κ3) is 12.4. The Bertz CT molecular complexity index is 1470. The maximum atomic E-state index is 13.4. The molecule has 2 aromatic carbocycles. The van der Waals surface area contributed by atoms with Crippen LogP contribution in [0, 0.1) is 16.7 Å². The van der Waals surface area contributed by atoms with Crippen LogP contribution in [0.4, 0.5) is 5.69 Å². The van der Waals surface area contributed by atoms with Gasteiger partial charge in [0.15, 0.2) is 5.78 Å². The lowest BCUT2D eigenvalue weighted by atomic mass is 9.72. The fourth-order valence-electron chi connectivity index (χ4n) is 5.30. The molecule has 0 fully saturated rings. The number of rotatable bonds is 18. The number of amides is 1. The summed E-state index contributed by atoms with van der Waals surface area (Å²) in [5, 5.41) is 2.80. The van der Waals surface area contributed by atoms with E-state index in [9.17, 15) is 22.8 Å². The quantitative estimate of drug-likeness (QED) is 0.123. The number of benzene rings is 2. The maximum Gasteiger partial charge on any atom is 0.339 e. The van der Waals surface area contributed by atoms with Crippen molar-refractivity contribution in [2.45, 2.75) is 130 Å². The number of carbonyl (C=O) groups excluding carboxylic acids is 3. The van der Waals surface area contributed by atoms with Gasteiger partial charge in [-0.05, 0) is 97.2 Å². The molecule has 0 saturated carbocycles. The van der Waals surface area contributed by atoms with Crippen molar-refractivity contribution in [3.8, 4) is 5.75 Å². The first-order valence-electron chi connectivity index (χ1n) is 16.8. The topological polar surface area (TPSA) is 125 Å². The van der Waals surface area contributed by atoms with Gasteiger partial charge in [0, 0.05) is 30.0 Å². The summed E-state index contributed by atoms with van der Waals surface area (Å²) in [6.45, 7) is 21.1. The highest BCUT2D eigenvalue weighted by Gasteiger charge is 2.46. The molecule has 2 rings (SSSR count). The predicted molar refractivity (Wildman–Crippen MR) is 189 cm³/mol. The molecule has 0 saturated heterocycles. The number of hydrogen-bond acceptors (Lipinski definition) is 8. The van der Waals surface area contributed by atoms with Crippen molar-refractivity contribution in [3.63, 3.8) is 0 Å². The molecule has 268 valence electrons. The van der Waals surface area contributed by atoms with Gasteiger partial charge in [-0.1, -0.05) is 59.2 Å². The van der Waals surface area contributed by atoms with E-state index >= 15 is 0 Å². The van der Waals surface area contributed by atoms with Crippen LogP contribution in [-0.2, 0) is 34.0 Å². The zero-order valence-corrected chi connectivity index (χ0v) is 31.6. The standard InChI is InChI=1S/C38H57NO8S/c1-27(46-36(5,6)7)33(41)37(8,9)38(10,11)45-26-25-28(34(42)35(2,3)4)17-15-16-20-32(40)39-29-21-23-31(24-22-29)48(43,44)47-30-18-13-12-14-19-30/h12-14,18-19,21-24,27-28H,15-17,20,25-26H2,1-11H3,(H,39,40). The number of para-hydroxylation sites is 1. The molecule has 10 heteroatoms. The van der Waals surface area contributed by atoms with E-state index in [4.69, 9.17) is 13.7 Å². The molecule has 1 N–H and O–H groups in total. The molecule has 0 heterocycles. The van der Waals surface area contributed by atoms with E-state index in [1.807, 2.05) is 69.2 Å². The molecule has 9 nitrogen and oxygen atoms in total. The highest BCUT2D eigenvalue weighted by Crippen LogP contribution is 2.37. The SMILES string of the molecule is CC(OC(C)(C)C)C(=O)C(C)(C)C(C)(C)OCCC(CCCCC(=O)Nc1ccc(S(=O)(=O)Oc2ccccc2)cc1)C(=O)C(C)(C)C. The Morgan fingerprint density at radius 1 is 0.771 bits per heavy atom. The molecule has 0 aliphatic carbocycles. The summed E-state index contributed by atoms with van der Waals surface area (Å²) in [5.74, 6) is -0.140. The fourth-order valence-corrected chi connectivity index (χ4v) is 6.23. The third-order valence-electron chi connectivity index (χ3n) is 8.64. The Kier molecular flexibility index (Phi) is 14.2. The molecule has 0 aromatic heterocycles. The number of anilines is 1. The number of ether oxygens (including phenoxy) is 2. The third-order valence-corrected chi connectivity index (χ3v) is 9.90. The summed E-state index contributed by atoms with van der Waals surface area (Å²) in [6.07, 6.45) is 2.03. The molecule has 0 bridgehead atoms. The van der Waals surface area contributed by atoms with E-state index < -0.39 is 38.3 Å². The molecular weight excluding hydrogens is 630 g/mol. The molecular formula is C38H57NO8S. The van der Waals surface area contributed by atoms with E-state index in [0.29, 0.717) is 38.0 Å². The molecule has 2 aromatic rings. The van der Waals surface area contributed by atoms with Crippen LogP contribution in [0.15, 0.2) is 59.5 Å². The van der Waals surface area contributed by atoms with Crippen LogP contribution in [0.3, 0.4) is 0 Å². The molecule has 2 atom stereocenters. The van der Waals surface area contributed by atoms with Crippen molar-refractivity contribution in [2.75, 3.05) is 11.9 Å². The van der Waals surface area contributed by atoms with Gasteiger partial charge >= 0.3 is 10.1 Å². The summed E-state index contributed by atoms with van der Waals surface area (Å²) in [7, 11) is -4.01. The van der Waals surface area contributed by atoms with Crippen LogP contribution in [-0.4, -0.2) is 49.8 Å². The van der Waals surface area contributed by atoms with Crippen molar-refractivity contribution in [1.29, 1.82) is 0 Å². The Labute approximate surface area is 288 Å². The number of hydrogen-bond donors (Lipinski definition) is 1. The summed E-state index contributed by atoms with van der Waals surface area (Å²) >= 11 is 0. The minimum Gasteiger partial charge on any atom is -0.379 e. The van der Waals surface area contributed by atoms with E-state index in [1.165, 1.54) is 24.3 Å². The minimum absolute atomic E-state index is 0.0226. The number of ketones is 2. The Morgan fingerprint density at radius 2 is 1.35 bits per heavy atom. The van der Waals surface area contributed by atoms with Gasteiger partial charge in [0.25, 0.3) is 0 Å². The molecule has 2 unspecified atom stereocenters. The van der Waals surface area contributed by atoms with Crippen LogP contribution in [0.2, 0.25) is 0 Å². The molecule has 0 radical (unpaired) electrons. The summed E-state index contributed by atoms with van der Waals surface area (Å²) in [6, 6.07) is 14.0. The largest absolute Gasteiger partial charge is 0.379 e. The van der Waals surface area contributed by atoms with Crippen LogP contribution >= 0.6 is 0 Å². The van der Waals surface area contributed by atoms with Crippen molar-refractivity contribution < 1.29 is 36.5 Å². The Balaban J connectivity index is 1.91. The van der Waals surface area contributed by atoms with E-state index in [-0.39, 0.29) is 40.5 Å². The lowest BCUT2D eigenvalue weighted by Crippen LogP contribution is -2.51. The molecule has 1 amide bonds. The lowest BCUT2D eigenvalue weighted by molar-refractivity contribution is -0.166. The Morgan fingerprint density at radius 3 is 1.90 bits per heavy atom. The first-order valence-corrected chi connectivity index (χ1v) is 18.2. The second-order valence-electron chi connectivity index (χ2n) is 15.5. The smallest absolute Gasteiger partial charge is 0.339 e. The van der Waals surface area contributed by atoms with E-state index in [1.54, 1.807) is 37.3 Å². The van der Waals surface area contributed by atoms with E-state index in [2.05, 4.69) is 5.32 Å². The molecule has 0 aliphatic rings. The van der Waals surface area contributed by atoms with Gasteiger partial charge in [0.2, 0.25) is 5.91 Å². The highest BCUT2D eigenvalue weighted by atomic mass is 32.2. The van der Waals surface area contributed by atoms with Crippen LogP contribution < -0.4 is 9.50 Å². The first-order chi connectivity index (χ1) is 22.0. The Hall–Kier alpha value is -3.08. The average molecular weight is 688 g/mol. The highest BCUT2D eigenvalue weighted by molar-refractivity contribution is 7.87. The second-order valence-corrected chi connectivity index (χ2v) is 17.0. The van der Waals surface area contributed by atoms with Gasteiger partial charge in [-0.15, -0.1) is 0 Å². The van der Waals surface area contributed by atoms with Gasteiger partial charge < -0.3 is 19.0 Å².